The zero-order valence-electron chi connectivity index (χ0n) is 24.4. The van der Waals surface area contributed by atoms with Crippen LogP contribution in [-0.2, 0) is 0 Å². The number of nitrogens with zero attached hydrogens (tertiary/aromatic N) is 3. The highest BCUT2D eigenvalue weighted by Crippen LogP contribution is 2.41. The van der Waals surface area contributed by atoms with Gasteiger partial charge >= 0.3 is 6.01 Å². The van der Waals surface area contributed by atoms with Gasteiger partial charge in [0.05, 0.1) is 27.5 Å². The second kappa shape index (κ2) is 8.65. The first-order chi connectivity index (χ1) is 22.8. The Hall–Kier alpha value is -6.33. The van der Waals surface area contributed by atoms with Crippen LogP contribution in [0.25, 0.3) is 99.1 Å². The minimum absolute atomic E-state index is 0.530. The normalized spacial score (nSPS) is 12.3. The number of benzene rings is 7. The average Bonchev–Trinajstić information content (AvgIpc) is 3.86. The quantitative estimate of drug-likeness (QED) is 0.202. The van der Waals surface area contributed by atoms with Crippen LogP contribution >= 0.6 is 0 Å². The van der Waals surface area contributed by atoms with E-state index in [4.69, 9.17) is 13.8 Å². The molecular weight excluding hydrogens is 566 g/mol. The third kappa shape index (κ3) is 3.06. The highest BCUT2D eigenvalue weighted by molar-refractivity contribution is 6.22. The smallest absolute Gasteiger partial charge is 0.307 e. The van der Waals surface area contributed by atoms with Crippen LogP contribution in [0.3, 0.4) is 0 Å². The lowest BCUT2D eigenvalue weighted by Crippen LogP contribution is -1.97. The molecule has 0 unspecified atom stereocenters. The lowest BCUT2D eigenvalue weighted by molar-refractivity contribution is 0.577. The summed E-state index contributed by atoms with van der Waals surface area (Å²) in [5, 5.41) is 9.18. The van der Waals surface area contributed by atoms with Crippen molar-refractivity contribution in [1.29, 1.82) is 0 Å². The Balaban J connectivity index is 1.27. The largest absolute Gasteiger partial charge is 0.456 e. The van der Waals surface area contributed by atoms with E-state index < -0.39 is 0 Å². The van der Waals surface area contributed by atoms with Gasteiger partial charge in [0.15, 0.2) is 5.58 Å². The van der Waals surface area contributed by atoms with Gasteiger partial charge in [-0.05, 0) is 59.3 Å². The predicted molar refractivity (Wildman–Crippen MR) is 187 cm³/mol. The van der Waals surface area contributed by atoms with Crippen LogP contribution in [0, 0.1) is 0 Å². The monoisotopic (exact) mass is 589 g/mol. The van der Waals surface area contributed by atoms with E-state index in [9.17, 15) is 0 Å². The van der Waals surface area contributed by atoms with Crippen molar-refractivity contribution in [2.24, 2.45) is 0 Å². The summed E-state index contributed by atoms with van der Waals surface area (Å²) in [4.78, 5) is 5.11. The fourth-order valence-electron chi connectivity index (χ4n) is 7.60. The Morgan fingerprint density at radius 2 is 1.15 bits per heavy atom. The third-order valence-electron chi connectivity index (χ3n) is 9.55. The Kier molecular flexibility index (Phi) is 4.52. The predicted octanol–water partition coefficient (Wildman–Crippen LogP) is 11.1. The molecule has 0 amide bonds. The Bertz CT molecular complexity index is 2990. The number of oxazole rings is 1. The van der Waals surface area contributed by atoms with Gasteiger partial charge in [-0.15, -0.1) is 0 Å². The molecule has 7 aromatic carbocycles. The first kappa shape index (κ1) is 24.0. The van der Waals surface area contributed by atoms with Crippen LogP contribution in [0.5, 0.6) is 0 Å². The summed E-state index contributed by atoms with van der Waals surface area (Å²) < 4.78 is 17.5. The molecule has 0 bridgehead atoms. The highest BCUT2D eigenvalue weighted by Gasteiger charge is 2.22. The maximum absolute atomic E-state index is 6.78. The van der Waals surface area contributed by atoms with E-state index in [0.717, 1.165) is 55.1 Å². The van der Waals surface area contributed by atoms with Crippen molar-refractivity contribution in [3.05, 3.63) is 140 Å². The number of rotatable bonds is 2. The fraction of sp³-hybridized carbons (Fsp3) is 0. The molecule has 0 fully saturated rings. The lowest BCUT2D eigenvalue weighted by atomic mass is 10.0. The maximum Gasteiger partial charge on any atom is 0.307 e. The molecule has 0 spiro atoms. The number of fused-ring (bicyclic) bond motifs is 13. The van der Waals surface area contributed by atoms with Crippen molar-refractivity contribution in [2.75, 3.05) is 0 Å². The molecule has 46 heavy (non-hydrogen) atoms. The molecule has 0 N–H and O–H groups in total. The van der Waals surface area contributed by atoms with Gasteiger partial charge in [-0.3, -0.25) is 4.57 Å². The van der Waals surface area contributed by atoms with Crippen LogP contribution in [-0.4, -0.2) is 14.1 Å². The molecule has 0 atom stereocenters. The van der Waals surface area contributed by atoms with Crippen molar-refractivity contribution >= 4 is 87.4 Å². The van der Waals surface area contributed by atoms with Gasteiger partial charge in [-0.1, -0.05) is 91.0 Å². The summed E-state index contributed by atoms with van der Waals surface area (Å²) in [7, 11) is 0. The van der Waals surface area contributed by atoms with Gasteiger partial charge in [0.2, 0.25) is 0 Å². The molecule has 0 aliphatic heterocycles. The number of para-hydroxylation sites is 3. The van der Waals surface area contributed by atoms with Crippen molar-refractivity contribution in [2.45, 2.75) is 0 Å². The zero-order valence-corrected chi connectivity index (χ0v) is 24.4. The first-order valence-corrected chi connectivity index (χ1v) is 15.5. The lowest BCUT2D eigenvalue weighted by Gasteiger charge is -2.09. The topological polar surface area (TPSA) is 49.0 Å². The third-order valence-corrected chi connectivity index (χ3v) is 9.55. The van der Waals surface area contributed by atoms with Crippen LogP contribution in [0.1, 0.15) is 0 Å². The molecule has 4 aromatic heterocycles. The molecule has 11 rings (SSSR count). The minimum atomic E-state index is 0.530. The van der Waals surface area contributed by atoms with Crippen LogP contribution < -0.4 is 0 Å². The standard InChI is InChI=1S/C41H23N3O2/c1-2-10-26-24(9-1)17-21-34-38(26)29-19-18-25(43-32-14-6-3-11-27(32)28-12-4-7-15-33(28)43)23-35(29)44(34)41-42-31-20-22-37-39(40(31)46-41)30-13-5-8-16-36(30)45-37/h1-23H. The van der Waals surface area contributed by atoms with Crippen LogP contribution in [0.2, 0.25) is 0 Å². The van der Waals surface area contributed by atoms with Gasteiger partial charge in [0, 0.05) is 32.6 Å². The molecular formula is C41H23N3O2. The van der Waals surface area contributed by atoms with Crippen LogP contribution in [0.4, 0.5) is 0 Å². The Labute approximate surface area is 261 Å². The van der Waals surface area contributed by atoms with E-state index >= 15 is 0 Å². The molecule has 214 valence electrons. The van der Waals surface area contributed by atoms with E-state index in [1.165, 1.54) is 38.0 Å². The molecule has 5 heteroatoms. The molecule has 0 aliphatic rings. The Morgan fingerprint density at radius 1 is 0.435 bits per heavy atom. The SMILES string of the molecule is c1ccc2c(c1)ccc1c2c2ccc(-n3c4ccccc4c4ccccc43)cc2n1-c1nc2ccc3oc4ccccc4c3c2o1. The zero-order chi connectivity index (χ0) is 29.9. The van der Waals surface area contributed by atoms with Gasteiger partial charge < -0.3 is 13.4 Å². The average molecular weight is 590 g/mol. The van der Waals surface area contributed by atoms with Crippen molar-refractivity contribution < 1.29 is 8.83 Å². The Morgan fingerprint density at radius 3 is 1.98 bits per heavy atom. The summed E-state index contributed by atoms with van der Waals surface area (Å²) in [6.07, 6.45) is 0. The van der Waals surface area contributed by atoms with Gasteiger partial charge in [0.1, 0.15) is 16.7 Å². The van der Waals surface area contributed by atoms with E-state index in [2.05, 4.69) is 118 Å². The highest BCUT2D eigenvalue weighted by atomic mass is 16.4. The molecule has 4 heterocycles. The molecule has 0 radical (unpaired) electrons. The molecule has 11 aromatic rings. The van der Waals surface area contributed by atoms with Crippen molar-refractivity contribution in [3.63, 3.8) is 0 Å². The second-order valence-electron chi connectivity index (χ2n) is 12.0. The molecule has 0 aliphatic carbocycles. The van der Waals surface area contributed by atoms with Crippen molar-refractivity contribution in [3.8, 4) is 11.7 Å². The summed E-state index contributed by atoms with van der Waals surface area (Å²) in [6.45, 7) is 0. The summed E-state index contributed by atoms with van der Waals surface area (Å²) in [6, 6.07) is 49.6. The van der Waals surface area contributed by atoms with E-state index in [1.807, 2.05) is 30.3 Å². The van der Waals surface area contributed by atoms with E-state index in [0.29, 0.717) is 6.01 Å². The van der Waals surface area contributed by atoms with Crippen LogP contribution in [0.15, 0.2) is 148 Å². The second-order valence-corrected chi connectivity index (χ2v) is 12.0. The molecule has 5 nitrogen and oxygen atoms in total. The number of hydrogen-bond acceptors (Lipinski definition) is 3. The summed E-state index contributed by atoms with van der Waals surface area (Å²) >= 11 is 0. The number of aromatic nitrogens is 3. The van der Waals surface area contributed by atoms with Gasteiger partial charge in [0.25, 0.3) is 0 Å². The number of furan rings is 1. The molecule has 0 saturated carbocycles. The van der Waals surface area contributed by atoms with Gasteiger partial charge in [-0.2, -0.15) is 4.98 Å². The fourth-order valence-corrected chi connectivity index (χ4v) is 7.60. The molecule has 0 saturated heterocycles. The summed E-state index contributed by atoms with van der Waals surface area (Å²) in [5.41, 5.74) is 8.66. The van der Waals surface area contributed by atoms with Gasteiger partial charge in [-0.25, -0.2) is 0 Å². The maximum atomic E-state index is 6.78. The minimum Gasteiger partial charge on any atom is -0.456 e. The number of hydrogen-bond donors (Lipinski definition) is 0. The first-order valence-electron chi connectivity index (χ1n) is 15.5. The van der Waals surface area contributed by atoms with Crippen molar-refractivity contribution in [1.82, 2.24) is 14.1 Å². The summed E-state index contributed by atoms with van der Waals surface area (Å²) in [5.74, 6) is 0. The van der Waals surface area contributed by atoms with E-state index in [1.54, 1.807) is 0 Å². The van der Waals surface area contributed by atoms with E-state index in [-0.39, 0.29) is 0 Å².